The van der Waals surface area contributed by atoms with Crippen LogP contribution < -0.4 is 9.47 Å². The fraction of sp³-hybridized carbons (Fsp3) is 0.467. The number of carbonyl (C=O) groups is 2. The fourth-order valence-corrected chi connectivity index (χ4v) is 2.67. The Kier molecular flexibility index (Phi) is 4.35. The normalized spacial score (nSPS) is 20.9. The summed E-state index contributed by atoms with van der Waals surface area (Å²) in [5, 5.41) is 9.26. The average molecular weight is 293 g/mol. The summed E-state index contributed by atoms with van der Waals surface area (Å²) in [6.07, 6.45) is 0.534. The third-order valence-electron chi connectivity index (χ3n) is 3.84. The third kappa shape index (κ3) is 2.66. The van der Waals surface area contributed by atoms with Crippen LogP contribution in [0.4, 0.5) is 0 Å². The molecule has 1 fully saturated rings. The highest BCUT2D eigenvalue weighted by molar-refractivity contribution is 5.96. The Morgan fingerprint density at radius 3 is 2.57 bits per heavy atom. The first kappa shape index (κ1) is 15.2. The van der Waals surface area contributed by atoms with Crippen molar-refractivity contribution in [1.29, 1.82) is 0 Å². The first-order valence-electron chi connectivity index (χ1n) is 6.77. The van der Waals surface area contributed by atoms with Crippen molar-refractivity contribution in [1.82, 2.24) is 4.90 Å². The molecule has 1 heterocycles. The lowest BCUT2D eigenvalue weighted by Gasteiger charge is -2.44. The van der Waals surface area contributed by atoms with Crippen molar-refractivity contribution in [3.63, 3.8) is 0 Å². The van der Waals surface area contributed by atoms with Gasteiger partial charge in [-0.1, -0.05) is 6.92 Å². The number of aliphatic carboxylic acids is 1. The highest BCUT2D eigenvalue weighted by atomic mass is 16.5. The summed E-state index contributed by atoms with van der Waals surface area (Å²) in [5.74, 6) is -0.290. The van der Waals surface area contributed by atoms with Crippen LogP contribution in [-0.2, 0) is 16.1 Å². The van der Waals surface area contributed by atoms with Gasteiger partial charge >= 0.3 is 5.97 Å². The molecule has 0 unspecified atom stereocenters. The van der Waals surface area contributed by atoms with Gasteiger partial charge < -0.3 is 19.5 Å². The number of amides is 1. The maximum Gasteiger partial charge on any atom is 0.327 e. The standard InChI is InChI=1S/C15H19NO5/c1-4-11-13(15(18)19)16(14(11)17)8-9-5-6-10(20-2)7-12(9)21-3/h5-7,11,13H,4,8H2,1-3H3,(H,18,19)/t11-,13+/m1/s1. The van der Waals surface area contributed by atoms with E-state index in [0.29, 0.717) is 17.9 Å². The Balaban J connectivity index is 2.21. The van der Waals surface area contributed by atoms with E-state index < -0.39 is 17.9 Å². The summed E-state index contributed by atoms with van der Waals surface area (Å²) in [6.45, 7) is 2.04. The Hall–Kier alpha value is -2.24. The summed E-state index contributed by atoms with van der Waals surface area (Å²) in [4.78, 5) is 24.7. The van der Waals surface area contributed by atoms with Crippen LogP contribution in [0.5, 0.6) is 11.5 Å². The van der Waals surface area contributed by atoms with Gasteiger partial charge in [0.1, 0.15) is 17.5 Å². The van der Waals surface area contributed by atoms with Gasteiger partial charge in [0.2, 0.25) is 5.91 Å². The molecule has 0 spiro atoms. The number of benzene rings is 1. The minimum absolute atomic E-state index is 0.122. The van der Waals surface area contributed by atoms with E-state index in [2.05, 4.69) is 0 Å². The zero-order valence-corrected chi connectivity index (χ0v) is 12.3. The number of hydrogen-bond acceptors (Lipinski definition) is 4. The number of hydrogen-bond donors (Lipinski definition) is 1. The van der Waals surface area contributed by atoms with Gasteiger partial charge in [-0.2, -0.15) is 0 Å². The second kappa shape index (κ2) is 6.03. The molecule has 21 heavy (non-hydrogen) atoms. The van der Waals surface area contributed by atoms with Crippen LogP contribution in [0.25, 0.3) is 0 Å². The predicted octanol–water partition coefficient (Wildman–Crippen LogP) is 1.53. The Morgan fingerprint density at radius 1 is 1.33 bits per heavy atom. The summed E-state index contributed by atoms with van der Waals surface area (Å²) >= 11 is 0. The molecule has 0 aromatic heterocycles. The molecule has 0 bridgehead atoms. The zero-order valence-electron chi connectivity index (χ0n) is 12.3. The van der Waals surface area contributed by atoms with Gasteiger partial charge in [0, 0.05) is 11.6 Å². The van der Waals surface area contributed by atoms with Crippen molar-refractivity contribution < 1.29 is 24.2 Å². The summed E-state index contributed by atoms with van der Waals surface area (Å²) < 4.78 is 10.4. The molecule has 1 amide bonds. The van der Waals surface area contributed by atoms with Crippen molar-refractivity contribution in [2.24, 2.45) is 5.92 Å². The van der Waals surface area contributed by atoms with Gasteiger partial charge in [-0.05, 0) is 18.6 Å². The maximum atomic E-state index is 12.0. The van der Waals surface area contributed by atoms with E-state index in [1.54, 1.807) is 25.3 Å². The molecule has 1 aliphatic rings. The lowest BCUT2D eigenvalue weighted by Crippen LogP contribution is -2.63. The number of methoxy groups -OCH3 is 2. The SMILES string of the molecule is CC[C@H]1C(=O)N(Cc2ccc(OC)cc2OC)[C@@H]1C(=O)O. The van der Waals surface area contributed by atoms with Crippen LogP contribution in [0.15, 0.2) is 18.2 Å². The number of carboxylic acids is 1. The van der Waals surface area contributed by atoms with Crippen LogP contribution >= 0.6 is 0 Å². The molecule has 1 saturated heterocycles. The van der Waals surface area contributed by atoms with E-state index in [1.807, 2.05) is 6.92 Å². The number of likely N-dealkylation sites (tertiary alicyclic amines) is 1. The molecule has 1 aromatic rings. The fourth-order valence-electron chi connectivity index (χ4n) is 2.67. The van der Waals surface area contributed by atoms with Gasteiger partial charge in [-0.25, -0.2) is 4.79 Å². The topological polar surface area (TPSA) is 76.1 Å². The van der Waals surface area contributed by atoms with E-state index >= 15 is 0 Å². The summed E-state index contributed by atoms with van der Waals surface area (Å²) in [5.41, 5.74) is 0.757. The predicted molar refractivity (Wildman–Crippen MR) is 75.3 cm³/mol. The minimum atomic E-state index is -0.964. The van der Waals surface area contributed by atoms with Crippen molar-refractivity contribution >= 4 is 11.9 Å². The molecule has 0 saturated carbocycles. The van der Waals surface area contributed by atoms with E-state index in [9.17, 15) is 14.7 Å². The number of carboxylic acid groups (broad SMARTS) is 1. The molecular formula is C15H19NO5. The Bertz CT molecular complexity index is 557. The van der Waals surface area contributed by atoms with Crippen molar-refractivity contribution in [3.8, 4) is 11.5 Å². The van der Waals surface area contributed by atoms with E-state index in [4.69, 9.17) is 9.47 Å². The molecule has 1 N–H and O–H groups in total. The Labute approximate surface area is 123 Å². The van der Waals surface area contributed by atoms with E-state index in [-0.39, 0.29) is 12.5 Å². The first-order valence-corrected chi connectivity index (χ1v) is 6.77. The molecule has 0 radical (unpaired) electrons. The van der Waals surface area contributed by atoms with Gasteiger partial charge in [0.05, 0.1) is 26.7 Å². The molecule has 114 valence electrons. The van der Waals surface area contributed by atoms with Gasteiger partial charge in [-0.15, -0.1) is 0 Å². The molecule has 1 aliphatic heterocycles. The van der Waals surface area contributed by atoms with Crippen LogP contribution in [0, 0.1) is 5.92 Å². The molecule has 2 rings (SSSR count). The van der Waals surface area contributed by atoms with Crippen LogP contribution in [0.3, 0.4) is 0 Å². The highest BCUT2D eigenvalue weighted by Gasteiger charge is 2.50. The largest absolute Gasteiger partial charge is 0.497 e. The zero-order chi connectivity index (χ0) is 15.6. The number of carbonyl (C=O) groups excluding carboxylic acids is 1. The Morgan fingerprint density at radius 2 is 2.05 bits per heavy atom. The number of nitrogens with zero attached hydrogens (tertiary/aromatic N) is 1. The smallest absolute Gasteiger partial charge is 0.327 e. The third-order valence-corrected chi connectivity index (χ3v) is 3.84. The van der Waals surface area contributed by atoms with Crippen molar-refractivity contribution in [2.45, 2.75) is 25.9 Å². The molecule has 0 aliphatic carbocycles. The molecule has 1 aromatic carbocycles. The minimum Gasteiger partial charge on any atom is -0.497 e. The van der Waals surface area contributed by atoms with Gasteiger partial charge in [0.25, 0.3) is 0 Å². The van der Waals surface area contributed by atoms with Crippen LogP contribution in [0.2, 0.25) is 0 Å². The molecule has 6 heteroatoms. The summed E-state index contributed by atoms with van der Waals surface area (Å²) in [7, 11) is 3.08. The monoisotopic (exact) mass is 293 g/mol. The average Bonchev–Trinajstić information content (AvgIpc) is 2.49. The number of rotatable bonds is 6. The van der Waals surface area contributed by atoms with Gasteiger partial charge in [0.15, 0.2) is 0 Å². The second-order valence-electron chi connectivity index (χ2n) is 4.94. The number of β-lactam (4-membered cyclic amide) rings is 1. The molecular weight excluding hydrogens is 274 g/mol. The second-order valence-corrected chi connectivity index (χ2v) is 4.94. The molecule has 6 nitrogen and oxygen atoms in total. The van der Waals surface area contributed by atoms with Crippen LogP contribution in [0.1, 0.15) is 18.9 Å². The van der Waals surface area contributed by atoms with Gasteiger partial charge in [-0.3, -0.25) is 4.79 Å². The van der Waals surface area contributed by atoms with E-state index in [0.717, 1.165) is 5.56 Å². The van der Waals surface area contributed by atoms with Crippen molar-refractivity contribution in [2.75, 3.05) is 14.2 Å². The summed E-state index contributed by atoms with van der Waals surface area (Å²) in [6, 6.07) is 4.50. The van der Waals surface area contributed by atoms with Crippen LogP contribution in [-0.4, -0.2) is 42.1 Å². The highest BCUT2D eigenvalue weighted by Crippen LogP contribution is 2.34. The van der Waals surface area contributed by atoms with Crippen molar-refractivity contribution in [3.05, 3.63) is 23.8 Å². The maximum absolute atomic E-state index is 12.0. The first-order chi connectivity index (χ1) is 10.0. The quantitative estimate of drug-likeness (QED) is 0.805. The molecule has 2 atom stereocenters. The lowest BCUT2D eigenvalue weighted by molar-refractivity contribution is -0.172. The number of ether oxygens (including phenoxy) is 2. The van der Waals surface area contributed by atoms with E-state index in [1.165, 1.54) is 12.0 Å². The lowest BCUT2D eigenvalue weighted by atomic mass is 9.84.